The first-order chi connectivity index (χ1) is 19.8. The molecular weight excluding hydrogens is 526 g/mol. The molecule has 0 saturated carbocycles. The van der Waals surface area contributed by atoms with Gasteiger partial charge < -0.3 is 9.47 Å². The lowest BCUT2D eigenvalue weighted by Crippen LogP contribution is -2.17. The molecule has 0 radical (unpaired) electrons. The Morgan fingerprint density at radius 1 is 0.450 bits per heavy atom. The quantitative estimate of drug-likeness (QED) is 0.152. The van der Waals surface area contributed by atoms with E-state index in [1.54, 1.807) is 14.2 Å². The molecule has 0 aliphatic carbocycles. The standard InChI is InChI=1S/C36H36O2P2/c1-37-33-20-9-11-22-35(33)39(31-16-5-3-6-17-31)26-24-29-14-13-15-30(28-29)25-27-40(32-18-7-4-8-19-32)36-23-12-10-21-34(36)38-2/h3-23,28H,24-27H2,1-2H3. The second-order valence-corrected chi connectivity index (χ2v) is 14.2. The highest BCUT2D eigenvalue weighted by atomic mass is 31.1. The summed E-state index contributed by atoms with van der Waals surface area (Å²) in [5.74, 6) is 1.97. The Balaban J connectivity index is 1.34. The molecule has 0 bridgehead atoms. The third-order valence-corrected chi connectivity index (χ3v) is 12.2. The Kier molecular flexibility index (Phi) is 10.0. The van der Waals surface area contributed by atoms with Crippen LogP contribution >= 0.6 is 15.8 Å². The van der Waals surface area contributed by atoms with Crippen molar-refractivity contribution in [2.24, 2.45) is 0 Å². The number of ether oxygens (including phenoxy) is 2. The average Bonchev–Trinajstić information content (AvgIpc) is 3.03. The predicted octanol–water partition coefficient (Wildman–Crippen LogP) is 7.05. The van der Waals surface area contributed by atoms with Crippen molar-refractivity contribution in [2.45, 2.75) is 12.8 Å². The molecule has 0 aliphatic rings. The van der Waals surface area contributed by atoms with Gasteiger partial charge in [0.1, 0.15) is 11.5 Å². The van der Waals surface area contributed by atoms with E-state index in [2.05, 4.69) is 133 Å². The maximum Gasteiger partial charge on any atom is 0.126 e. The summed E-state index contributed by atoms with van der Waals surface area (Å²) in [7, 11) is 2.49. The summed E-state index contributed by atoms with van der Waals surface area (Å²) >= 11 is 0. The Morgan fingerprint density at radius 2 is 0.850 bits per heavy atom. The summed E-state index contributed by atoms with van der Waals surface area (Å²) in [5, 5.41) is 5.41. The average molecular weight is 563 g/mol. The minimum absolute atomic E-state index is 0.531. The molecule has 0 saturated heterocycles. The number of hydrogen-bond donors (Lipinski definition) is 0. The van der Waals surface area contributed by atoms with Crippen LogP contribution in [-0.2, 0) is 12.8 Å². The van der Waals surface area contributed by atoms with E-state index in [0.29, 0.717) is 0 Å². The van der Waals surface area contributed by atoms with E-state index >= 15 is 0 Å². The Bertz CT molecular complexity index is 1380. The fraction of sp³-hybridized carbons (Fsp3) is 0.167. The second-order valence-electron chi connectivity index (χ2n) is 9.64. The normalized spacial score (nSPS) is 12.4. The van der Waals surface area contributed by atoms with Crippen molar-refractivity contribution in [1.29, 1.82) is 0 Å². The fourth-order valence-corrected chi connectivity index (χ4v) is 10.1. The summed E-state index contributed by atoms with van der Waals surface area (Å²) in [5.41, 5.74) is 2.80. The molecule has 0 aliphatic heterocycles. The van der Waals surface area contributed by atoms with Gasteiger partial charge in [-0.2, -0.15) is 0 Å². The van der Waals surface area contributed by atoms with Crippen LogP contribution in [0.2, 0.25) is 0 Å². The van der Waals surface area contributed by atoms with Crippen LogP contribution in [-0.4, -0.2) is 26.5 Å². The van der Waals surface area contributed by atoms with Crippen LogP contribution in [0.1, 0.15) is 11.1 Å². The van der Waals surface area contributed by atoms with Gasteiger partial charge in [-0.05, 0) is 74.9 Å². The molecule has 202 valence electrons. The van der Waals surface area contributed by atoms with Crippen LogP contribution in [0.15, 0.2) is 133 Å². The van der Waals surface area contributed by atoms with Crippen LogP contribution < -0.4 is 30.7 Å². The number of hydrogen-bond acceptors (Lipinski definition) is 2. The number of methoxy groups -OCH3 is 2. The summed E-state index contributed by atoms with van der Waals surface area (Å²) in [4.78, 5) is 0. The highest BCUT2D eigenvalue weighted by molar-refractivity contribution is 7.73. The topological polar surface area (TPSA) is 18.5 Å². The Morgan fingerprint density at radius 3 is 1.27 bits per heavy atom. The van der Waals surface area contributed by atoms with Gasteiger partial charge in [0.15, 0.2) is 0 Å². The van der Waals surface area contributed by atoms with Gasteiger partial charge in [0, 0.05) is 10.6 Å². The summed E-state index contributed by atoms with van der Waals surface area (Å²) in [6.45, 7) is 0. The third-order valence-electron chi connectivity index (χ3n) is 7.13. The molecule has 0 aromatic heterocycles. The first-order valence-corrected chi connectivity index (χ1v) is 16.8. The van der Waals surface area contributed by atoms with Gasteiger partial charge in [-0.3, -0.25) is 0 Å². The van der Waals surface area contributed by atoms with Gasteiger partial charge >= 0.3 is 0 Å². The molecule has 0 amide bonds. The Labute approximate surface area is 241 Å². The largest absolute Gasteiger partial charge is 0.496 e. The molecule has 0 fully saturated rings. The summed E-state index contributed by atoms with van der Waals surface area (Å²) < 4.78 is 11.5. The number of para-hydroxylation sites is 2. The van der Waals surface area contributed by atoms with Crippen molar-refractivity contribution < 1.29 is 9.47 Å². The molecule has 0 spiro atoms. The van der Waals surface area contributed by atoms with Crippen LogP contribution in [0.3, 0.4) is 0 Å². The monoisotopic (exact) mass is 562 g/mol. The van der Waals surface area contributed by atoms with Crippen LogP contribution in [0.4, 0.5) is 0 Å². The van der Waals surface area contributed by atoms with Gasteiger partial charge in [0.25, 0.3) is 0 Å². The lowest BCUT2D eigenvalue weighted by molar-refractivity contribution is 0.418. The lowest BCUT2D eigenvalue weighted by Gasteiger charge is -2.22. The van der Waals surface area contributed by atoms with Crippen LogP contribution in [0, 0.1) is 0 Å². The van der Waals surface area contributed by atoms with E-state index in [1.165, 1.54) is 32.3 Å². The predicted molar refractivity (Wildman–Crippen MR) is 175 cm³/mol. The van der Waals surface area contributed by atoms with Crippen molar-refractivity contribution in [3.05, 3.63) is 145 Å². The molecule has 2 atom stereocenters. The van der Waals surface area contributed by atoms with Gasteiger partial charge in [-0.15, -0.1) is 0 Å². The van der Waals surface area contributed by atoms with Crippen molar-refractivity contribution in [3.8, 4) is 11.5 Å². The number of rotatable bonds is 12. The van der Waals surface area contributed by atoms with Gasteiger partial charge in [0.2, 0.25) is 0 Å². The molecule has 5 rings (SSSR count). The van der Waals surface area contributed by atoms with Crippen molar-refractivity contribution in [2.75, 3.05) is 26.5 Å². The van der Waals surface area contributed by atoms with Gasteiger partial charge in [-0.25, -0.2) is 0 Å². The molecule has 0 N–H and O–H groups in total. The zero-order valence-corrected chi connectivity index (χ0v) is 25.0. The lowest BCUT2D eigenvalue weighted by atomic mass is 10.1. The summed E-state index contributed by atoms with van der Waals surface area (Å²) in [6.07, 6.45) is 4.24. The molecule has 4 heteroatoms. The SMILES string of the molecule is COc1ccccc1P(CCc1cccc(CCP(c2ccccc2)c2ccccc2OC)c1)c1ccccc1. The van der Waals surface area contributed by atoms with E-state index < -0.39 is 15.8 Å². The van der Waals surface area contributed by atoms with E-state index in [-0.39, 0.29) is 0 Å². The minimum atomic E-state index is -0.531. The second kappa shape index (κ2) is 14.3. The molecule has 2 unspecified atom stereocenters. The van der Waals surface area contributed by atoms with Crippen molar-refractivity contribution in [1.82, 2.24) is 0 Å². The van der Waals surface area contributed by atoms with E-state index in [4.69, 9.17) is 9.47 Å². The highest BCUT2D eigenvalue weighted by Crippen LogP contribution is 2.39. The molecule has 5 aromatic carbocycles. The fourth-order valence-electron chi connectivity index (χ4n) is 5.12. The van der Waals surface area contributed by atoms with E-state index in [9.17, 15) is 0 Å². The smallest absolute Gasteiger partial charge is 0.126 e. The maximum atomic E-state index is 5.77. The van der Waals surface area contributed by atoms with Gasteiger partial charge in [0.05, 0.1) is 14.2 Å². The summed E-state index contributed by atoms with van der Waals surface area (Å²) in [6, 6.07) is 48.0. The number of aryl methyl sites for hydroxylation is 2. The molecule has 2 nitrogen and oxygen atoms in total. The molecular formula is C36H36O2P2. The Hall–Kier alpha value is -3.44. The van der Waals surface area contributed by atoms with Crippen LogP contribution in [0.5, 0.6) is 11.5 Å². The van der Waals surface area contributed by atoms with Crippen molar-refractivity contribution >= 4 is 37.1 Å². The van der Waals surface area contributed by atoms with Gasteiger partial charge in [-0.1, -0.05) is 121 Å². The minimum Gasteiger partial charge on any atom is -0.496 e. The van der Waals surface area contributed by atoms with Crippen LogP contribution in [0.25, 0.3) is 0 Å². The first kappa shape index (κ1) is 28.1. The molecule has 40 heavy (non-hydrogen) atoms. The molecule has 5 aromatic rings. The third kappa shape index (κ3) is 7.00. The molecule has 0 heterocycles. The van der Waals surface area contributed by atoms with E-state index in [1.807, 2.05) is 0 Å². The maximum absolute atomic E-state index is 5.77. The highest BCUT2D eigenvalue weighted by Gasteiger charge is 2.19. The first-order valence-electron chi connectivity index (χ1n) is 13.8. The van der Waals surface area contributed by atoms with Crippen molar-refractivity contribution in [3.63, 3.8) is 0 Å². The van der Waals surface area contributed by atoms with E-state index in [0.717, 1.165) is 36.7 Å². The zero-order chi connectivity index (χ0) is 27.6. The number of benzene rings is 5. The zero-order valence-electron chi connectivity index (χ0n) is 23.2.